The van der Waals surface area contributed by atoms with Crippen LogP contribution in [0.25, 0.3) is 0 Å². The van der Waals surface area contributed by atoms with Crippen LogP contribution >= 0.6 is 27.7 Å². The molecule has 0 atom stereocenters. The van der Waals surface area contributed by atoms with Gasteiger partial charge in [-0.05, 0) is 52.7 Å². The Balaban J connectivity index is 2.43. The second-order valence-corrected chi connectivity index (χ2v) is 6.25. The van der Waals surface area contributed by atoms with Crippen LogP contribution in [0.5, 0.6) is 0 Å². The molecular formula is C14H10BrNO4S. The zero-order valence-corrected chi connectivity index (χ0v) is 13.3. The van der Waals surface area contributed by atoms with Crippen LogP contribution in [0.4, 0.5) is 5.69 Å². The van der Waals surface area contributed by atoms with Gasteiger partial charge in [0.15, 0.2) is 0 Å². The van der Waals surface area contributed by atoms with Crippen molar-refractivity contribution in [3.05, 3.63) is 62.1 Å². The lowest BCUT2D eigenvalue weighted by molar-refractivity contribution is -0.387. The van der Waals surface area contributed by atoms with Gasteiger partial charge >= 0.3 is 5.97 Å². The fourth-order valence-corrected chi connectivity index (χ4v) is 3.19. The van der Waals surface area contributed by atoms with Crippen molar-refractivity contribution in [2.75, 3.05) is 0 Å². The number of carbonyl (C=O) groups is 1. The topological polar surface area (TPSA) is 80.4 Å². The van der Waals surface area contributed by atoms with E-state index >= 15 is 0 Å². The number of aryl methyl sites for hydroxylation is 1. The van der Waals surface area contributed by atoms with Crippen LogP contribution in [-0.2, 0) is 0 Å². The molecule has 0 spiro atoms. The molecular weight excluding hydrogens is 358 g/mol. The summed E-state index contributed by atoms with van der Waals surface area (Å²) in [6.07, 6.45) is 0. The first-order valence-corrected chi connectivity index (χ1v) is 7.45. The molecule has 0 bridgehead atoms. The van der Waals surface area contributed by atoms with Gasteiger partial charge in [-0.25, -0.2) is 4.79 Å². The molecule has 0 fully saturated rings. The molecule has 7 heteroatoms. The molecule has 0 heterocycles. The first kappa shape index (κ1) is 15.5. The van der Waals surface area contributed by atoms with Gasteiger partial charge in [-0.1, -0.05) is 17.8 Å². The van der Waals surface area contributed by atoms with Crippen LogP contribution < -0.4 is 0 Å². The third-order valence-corrected chi connectivity index (χ3v) is 4.44. The van der Waals surface area contributed by atoms with Gasteiger partial charge in [0.25, 0.3) is 5.69 Å². The zero-order chi connectivity index (χ0) is 15.6. The maximum absolute atomic E-state index is 11.1. The quantitative estimate of drug-likeness (QED) is 0.634. The number of aromatic carboxylic acids is 1. The molecule has 2 rings (SSSR count). The number of nitro groups is 1. The molecule has 0 amide bonds. The molecule has 108 valence electrons. The summed E-state index contributed by atoms with van der Waals surface area (Å²) in [5.74, 6) is -1.05. The third kappa shape index (κ3) is 3.62. The fraction of sp³-hybridized carbons (Fsp3) is 0.0714. The van der Waals surface area contributed by atoms with Crippen molar-refractivity contribution in [3.8, 4) is 0 Å². The van der Waals surface area contributed by atoms with E-state index in [4.69, 9.17) is 5.11 Å². The highest BCUT2D eigenvalue weighted by molar-refractivity contribution is 9.10. The van der Waals surface area contributed by atoms with E-state index in [0.717, 1.165) is 5.56 Å². The molecule has 0 saturated heterocycles. The van der Waals surface area contributed by atoms with E-state index in [0.29, 0.717) is 14.3 Å². The number of hydrogen-bond donors (Lipinski definition) is 1. The lowest BCUT2D eigenvalue weighted by Crippen LogP contribution is -1.97. The molecule has 5 nitrogen and oxygen atoms in total. The van der Waals surface area contributed by atoms with Crippen LogP contribution in [0.3, 0.4) is 0 Å². The molecule has 0 saturated carbocycles. The van der Waals surface area contributed by atoms with Crippen molar-refractivity contribution in [2.45, 2.75) is 16.7 Å². The number of carboxylic acid groups (broad SMARTS) is 1. The van der Waals surface area contributed by atoms with E-state index in [1.54, 1.807) is 24.3 Å². The number of nitrogens with zero attached hydrogens (tertiary/aromatic N) is 1. The van der Waals surface area contributed by atoms with Crippen molar-refractivity contribution >= 4 is 39.3 Å². The lowest BCUT2D eigenvalue weighted by Gasteiger charge is -2.06. The number of nitro benzene ring substituents is 1. The first-order valence-electron chi connectivity index (χ1n) is 5.84. The third-order valence-electron chi connectivity index (χ3n) is 2.71. The Bertz CT molecular complexity index is 733. The molecule has 1 N–H and O–H groups in total. The highest BCUT2D eigenvalue weighted by Crippen LogP contribution is 2.36. The maximum atomic E-state index is 11.1. The van der Waals surface area contributed by atoms with Crippen molar-refractivity contribution in [3.63, 3.8) is 0 Å². The number of halogens is 1. The number of hydrogen-bond acceptors (Lipinski definition) is 4. The summed E-state index contributed by atoms with van der Waals surface area (Å²) in [4.78, 5) is 22.8. The van der Waals surface area contributed by atoms with Gasteiger partial charge in [-0.3, -0.25) is 10.1 Å². The van der Waals surface area contributed by atoms with Gasteiger partial charge < -0.3 is 5.11 Å². The van der Waals surface area contributed by atoms with E-state index in [1.807, 2.05) is 6.92 Å². The highest BCUT2D eigenvalue weighted by atomic mass is 79.9. The first-order chi connectivity index (χ1) is 9.88. The minimum absolute atomic E-state index is 0.00499. The Labute approximate surface area is 133 Å². The molecule has 0 aliphatic heterocycles. The minimum Gasteiger partial charge on any atom is -0.478 e. The summed E-state index contributed by atoms with van der Waals surface area (Å²) in [6, 6.07) is 9.66. The Morgan fingerprint density at radius 3 is 2.62 bits per heavy atom. The number of benzene rings is 2. The zero-order valence-electron chi connectivity index (χ0n) is 10.9. The minimum atomic E-state index is -1.05. The Morgan fingerprint density at radius 1 is 1.29 bits per heavy atom. The van der Waals surface area contributed by atoms with E-state index in [2.05, 4.69) is 15.9 Å². The van der Waals surface area contributed by atoms with Crippen molar-refractivity contribution in [1.82, 2.24) is 0 Å². The van der Waals surface area contributed by atoms with Gasteiger partial charge in [0.2, 0.25) is 0 Å². The van der Waals surface area contributed by atoms with Crippen LogP contribution in [0.15, 0.2) is 50.7 Å². The van der Waals surface area contributed by atoms with E-state index in [9.17, 15) is 14.9 Å². The molecule has 0 aromatic heterocycles. The van der Waals surface area contributed by atoms with E-state index in [1.165, 1.54) is 23.9 Å². The van der Waals surface area contributed by atoms with Gasteiger partial charge in [0.05, 0.1) is 15.4 Å². The predicted octanol–water partition coefficient (Wildman–Crippen LogP) is 4.52. The average Bonchev–Trinajstić information content (AvgIpc) is 2.40. The largest absolute Gasteiger partial charge is 0.478 e. The Morgan fingerprint density at radius 2 is 2.00 bits per heavy atom. The standard InChI is InChI=1S/C14H10BrNO4S/c1-8-2-5-12(16(19)20)13(6-8)21-9-3-4-11(15)10(7-9)14(17)18/h2-7H,1H3,(H,17,18). The Kier molecular flexibility index (Phi) is 4.64. The fourth-order valence-electron chi connectivity index (χ4n) is 1.71. The molecule has 0 radical (unpaired) electrons. The molecule has 0 aliphatic rings. The van der Waals surface area contributed by atoms with Crippen molar-refractivity contribution in [2.24, 2.45) is 0 Å². The molecule has 2 aromatic rings. The summed E-state index contributed by atoms with van der Waals surface area (Å²) in [5, 5.41) is 20.1. The van der Waals surface area contributed by atoms with Crippen LogP contribution in [0.1, 0.15) is 15.9 Å². The van der Waals surface area contributed by atoms with Crippen molar-refractivity contribution < 1.29 is 14.8 Å². The smallest absolute Gasteiger partial charge is 0.336 e. The normalized spacial score (nSPS) is 10.4. The summed E-state index contributed by atoms with van der Waals surface area (Å²) in [5.41, 5.74) is 1.03. The average molecular weight is 368 g/mol. The summed E-state index contributed by atoms with van der Waals surface area (Å²) in [7, 11) is 0. The predicted molar refractivity (Wildman–Crippen MR) is 83.1 cm³/mol. The lowest BCUT2D eigenvalue weighted by atomic mass is 10.2. The second-order valence-electron chi connectivity index (χ2n) is 4.28. The summed E-state index contributed by atoms with van der Waals surface area (Å²) >= 11 is 4.34. The van der Waals surface area contributed by atoms with Gasteiger partial charge in [0, 0.05) is 15.4 Å². The SMILES string of the molecule is Cc1ccc([N+](=O)[O-])c(Sc2ccc(Br)c(C(=O)O)c2)c1. The van der Waals surface area contributed by atoms with E-state index < -0.39 is 10.9 Å². The summed E-state index contributed by atoms with van der Waals surface area (Å²) in [6.45, 7) is 1.85. The number of rotatable bonds is 4. The van der Waals surface area contributed by atoms with Gasteiger partial charge in [-0.15, -0.1) is 0 Å². The number of carboxylic acids is 1. The second kappa shape index (κ2) is 6.28. The molecule has 21 heavy (non-hydrogen) atoms. The van der Waals surface area contributed by atoms with Gasteiger partial charge in [0.1, 0.15) is 0 Å². The van der Waals surface area contributed by atoms with Gasteiger partial charge in [-0.2, -0.15) is 0 Å². The monoisotopic (exact) mass is 367 g/mol. The summed E-state index contributed by atoms with van der Waals surface area (Å²) < 4.78 is 0.470. The molecule has 2 aromatic carbocycles. The molecule has 0 unspecified atom stereocenters. The Hall–Kier alpha value is -1.86. The van der Waals surface area contributed by atoms with E-state index in [-0.39, 0.29) is 11.3 Å². The van der Waals surface area contributed by atoms with Crippen molar-refractivity contribution in [1.29, 1.82) is 0 Å². The maximum Gasteiger partial charge on any atom is 0.336 e. The van der Waals surface area contributed by atoms with Crippen LogP contribution in [0.2, 0.25) is 0 Å². The highest BCUT2D eigenvalue weighted by Gasteiger charge is 2.16. The van der Waals surface area contributed by atoms with Crippen LogP contribution in [0, 0.1) is 17.0 Å². The van der Waals surface area contributed by atoms with Crippen LogP contribution in [-0.4, -0.2) is 16.0 Å². The molecule has 0 aliphatic carbocycles.